The van der Waals surface area contributed by atoms with E-state index in [2.05, 4.69) is 23.6 Å². The molecule has 0 spiro atoms. The summed E-state index contributed by atoms with van der Waals surface area (Å²) in [7, 11) is 1.32. The number of hydrogen-bond donors (Lipinski definition) is 1. The van der Waals surface area contributed by atoms with Crippen LogP contribution in [0.1, 0.15) is 36.8 Å². The zero-order valence-electron chi connectivity index (χ0n) is 9.15. The third kappa shape index (κ3) is 1.48. The van der Waals surface area contributed by atoms with Crippen LogP contribution in [0, 0.1) is 5.41 Å². The third-order valence-corrected chi connectivity index (χ3v) is 3.01. The molecule has 82 valence electrons. The minimum absolute atomic E-state index is 0.209. The molecule has 2 N–H and O–H groups in total. The van der Waals surface area contributed by atoms with Crippen LogP contribution in [0.5, 0.6) is 0 Å². The SMILES string of the molecule is COC(=O)c1ncn(C2CC2(C)C)c1N. The Morgan fingerprint density at radius 1 is 1.73 bits per heavy atom. The van der Waals surface area contributed by atoms with Gasteiger partial charge in [-0.05, 0) is 11.8 Å². The minimum Gasteiger partial charge on any atom is -0.464 e. The number of nitrogens with zero attached hydrogens (tertiary/aromatic N) is 2. The van der Waals surface area contributed by atoms with Crippen molar-refractivity contribution in [2.75, 3.05) is 12.8 Å². The summed E-state index contributed by atoms with van der Waals surface area (Å²) in [6, 6.07) is 0.350. The fourth-order valence-corrected chi connectivity index (χ4v) is 1.79. The maximum absolute atomic E-state index is 11.3. The molecule has 1 saturated carbocycles. The highest BCUT2D eigenvalue weighted by molar-refractivity contribution is 5.92. The number of anilines is 1. The Kier molecular flexibility index (Phi) is 1.99. The number of hydrogen-bond acceptors (Lipinski definition) is 4. The van der Waals surface area contributed by atoms with E-state index < -0.39 is 5.97 Å². The number of methoxy groups -OCH3 is 1. The van der Waals surface area contributed by atoms with E-state index in [1.165, 1.54) is 7.11 Å². The van der Waals surface area contributed by atoms with Crippen LogP contribution in [-0.2, 0) is 4.74 Å². The van der Waals surface area contributed by atoms with Gasteiger partial charge in [-0.2, -0.15) is 0 Å². The van der Waals surface area contributed by atoms with Crippen molar-refractivity contribution in [1.29, 1.82) is 0 Å². The first kappa shape index (κ1) is 10.0. The zero-order chi connectivity index (χ0) is 11.2. The molecule has 0 radical (unpaired) electrons. The van der Waals surface area contributed by atoms with E-state index in [1.54, 1.807) is 6.33 Å². The normalized spacial score (nSPS) is 22.5. The number of nitrogen functional groups attached to an aromatic ring is 1. The average molecular weight is 209 g/mol. The molecular weight excluding hydrogens is 194 g/mol. The Labute approximate surface area is 88.2 Å². The number of imidazole rings is 1. The zero-order valence-corrected chi connectivity index (χ0v) is 9.15. The van der Waals surface area contributed by atoms with Crippen LogP contribution in [0.15, 0.2) is 6.33 Å². The van der Waals surface area contributed by atoms with E-state index in [0.717, 1.165) is 6.42 Å². The fraction of sp³-hybridized carbons (Fsp3) is 0.600. The number of nitrogens with two attached hydrogens (primary N) is 1. The fourth-order valence-electron chi connectivity index (χ4n) is 1.79. The Bertz CT molecular complexity index is 409. The molecule has 5 nitrogen and oxygen atoms in total. The topological polar surface area (TPSA) is 70.1 Å². The number of aromatic nitrogens is 2. The van der Waals surface area contributed by atoms with Gasteiger partial charge in [0.2, 0.25) is 0 Å². The van der Waals surface area contributed by atoms with E-state index in [0.29, 0.717) is 11.9 Å². The molecule has 1 unspecified atom stereocenters. The van der Waals surface area contributed by atoms with Gasteiger partial charge in [0.05, 0.1) is 13.4 Å². The summed E-state index contributed by atoms with van der Waals surface area (Å²) in [6.07, 6.45) is 2.68. The van der Waals surface area contributed by atoms with Crippen molar-refractivity contribution >= 4 is 11.8 Å². The van der Waals surface area contributed by atoms with Gasteiger partial charge in [-0.25, -0.2) is 9.78 Å². The molecule has 0 aromatic carbocycles. The molecule has 0 bridgehead atoms. The summed E-state index contributed by atoms with van der Waals surface area (Å²) in [5, 5.41) is 0. The number of carbonyl (C=O) groups is 1. The Morgan fingerprint density at radius 3 is 2.80 bits per heavy atom. The monoisotopic (exact) mass is 209 g/mol. The number of ether oxygens (including phenoxy) is 1. The Hall–Kier alpha value is -1.52. The molecule has 0 aliphatic heterocycles. The van der Waals surface area contributed by atoms with E-state index in [-0.39, 0.29) is 11.1 Å². The van der Waals surface area contributed by atoms with Gasteiger partial charge < -0.3 is 15.0 Å². The molecule has 1 atom stereocenters. The van der Waals surface area contributed by atoms with Gasteiger partial charge in [0, 0.05) is 6.04 Å². The van der Waals surface area contributed by atoms with Crippen molar-refractivity contribution < 1.29 is 9.53 Å². The van der Waals surface area contributed by atoms with E-state index in [9.17, 15) is 4.79 Å². The highest BCUT2D eigenvalue weighted by Gasteiger charge is 2.48. The molecule has 0 amide bonds. The first-order valence-electron chi connectivity index (χ1n) is 4.88. The van der Waals surface area contributed by atoms with Gasteiger partial charge in [-0.3, -0.25) is 0 Å². The van der Waals surface area contributed by atoms with Crippen molar-refractivity contribution in [3.05, 3.63) is 12.0 Å². The molecule has 1 aliphatic carbocycles. The van der Waals surface area contributed by atoms with Crippen LogP contribution in [0.2, 0.25) is 0 Å². The predicted molar refractivity (Wildman–Crippen MR) is 55.4 cm³/mol. The summed E-state index contributed by atoms with van der Waals surface area (Å²) in [6.45, 7) is 4.32. The van der Waals surface area contributed by atoms with Crippen molar-refractivity contribution in [3.63, 3.8) is 0 Å². The van der Waals surface area contributed by atoms with Gasteiger partial charge in [-0.1, -0.05) is 13.8 Å². The van der Waals surface area contributed by atoms with Crippen LogP contribution in [-0.4, -0.2) is 22.6 Å². The minimum atomic E-state index is -0.482. The molecule has 1 aromatic heterocycles. The van der Waals surface area contributed by atoms with Crippen LogP contribution < -0.4 is 5.73 Å². The molecule has 5 heteroatoms. The molecule has 2 rings (SSSR count). The first-order chi connectivity index (χ1) is 6.97. The lowest BCUT2D eigenvalue weighted by Gasteiger charge is -2.06. The van der Waals surface area contributed by atoms with Crippen molar-refractivity contribution in [2.24, 2.45) is 5.41 Å². The highest BCUT2D eigenvalue weighted by Crippen LogP contribution is 2.56. The summed E-state index contributed by atoms with van der Waals surface area (Å²) in [4.78, 5) is 15.3. The Balaban J connectivity index is 2.29. The molecule has 1 fully saturated rings. The number of rotatable bonds is 2. The Morgan fingerprint density at radius 2 is 2.33 bits per heavy atom. The predicted octanol–water partition coefficient (Wildman–Crippen LogP) is 1.22. The van der Waals surface area contributed by atoms with Crippen LogP contribution >= 0.6 is 0 Å². The van der Waals surface area contributed by atoms with E-state index >= 15 is 0 Å². The summed E-state index contributed by atoms with van der Waals surface area (Å²) in [5.41, 5.74) is 6.30. The highest BCUT2D eigenvalue weighted by atomic mass is 16.5. The van der Waals surface area contributed by atoms with Crippen molar-refractivity contribution in [2.45, 2.75) is 26.3 Å². The lowest BCUT2D eigenvalue weighted by Crippen LogP contribution is -2.09. The molecule has 1 aliphatic rings. The van der Waals surface area contributed by atoms with Gasteiger partial charge in [0.1, 0.15) is 5.82 Å². The van der Waals surface area contributed by atoms with Gasteiger partial charge in [-0.15, -0.1) is 0 Å². The maximum atomic E-state index is 11.3. The third-order valence-electron chi connectivity index (χ3n) is 3.01. The van der Waals surface area contributed by atoms with Gasteiger partial charge >= 0.3 is 5.97 Å². The summed E-state index contributed by atoms with van der Waals surface area (Å²) >= 11 is 0. The first-order valence-corrected chi connectivity index (χ1v) is 4.88. The quantitative estimate of drug-likeness (QED) is 0.743. The standard InChI is InChI=1S/C10H15N3O2/c1-10(2)4-6(10)13-5-12-7(8(13)11)9(14)15-3/h5-6H,4,11H2,1-3H3. The van der Waals surface area contributed by atoms with Crippen molar-refractivity contribution in [1.82, 2.24) is 9.55 Å². The smallest absolute Gasteiger partial charge is 0.360 e. The molecule has 1 heterocycles. The largest absolute Gasteiger partial charge is 0.464 e. The second-order valence-corrected chi connectivity index (χ2v) is 4.59. The van der Waals surface area contributed by atoms with E-state index in [4.69, 9.17) is 5.73 Å². The van der Waals surface area contributed by atoms with Crippen LogP contribution in [0.4, 0.5) is 5.82 Å². The second-order valence-electron chi connectivity index (χ2n) is 4.59. The molecule has 1 aromatic rings. The number of esters is 1. The lowest BCUT2D eigenvalue weighted by molar-refractivity contribution is 0.0596. The second kappa shape index (κ2) is 2.98. The number of carbonyl (C=O) groups excluding carboxylic acids is 1. The van der Waals surface area contributed by atoms with Gasteiger partial charge in [0.15, 0.2) is 5.69 Å². The summed E-state index contributed by atoms with van der Waals surface area (Å²) < 4.78 is 6.44. The lowest BCUT2D eigenvalue weighted by atomic mass is 10.2. The molecule has 0 saturated heterocycles. The summed E-state index contributed by atoms with van der Waals surface area (Å²) in [5.74, 6) is -0.0814. The van der Waals surface area contributed by atoms with Crippen LogP contribution in [0.25, 0.3) is 0 Å². The van der Waals surface area contributed by atoms with Crippen molar-refractivity contribution in [3.8, 4) is 0 Å². The van der Waals surface area contributed by atoms with Crippen LogP contribution in [0.3, 0.4) is 0 Å². The average Bonchev–Trinajstić information content (AvgIpc) is 2.64. The van der Waals surface area contributed by atoms with Gasteiger partial charge in [0.25, 0.3) is 0 Å². The van der Waals surface area contributed by atoms with E-state index in [1.807, 2.05) is 4.57 Å². The maximum Gasteiger partial charge on any atom is 0.360 e. The molecular formula is C10H15N3O2. The molecule has 15 heavy (non-hydrogen) atoms.